The Kier molecular flexibility index (Phi) is 5.50. The fraction of sp³-hybridized carbons (Fsp3) is 0.0667. The number of nitrogens with zero attached hydrogens (tertiary/aromatic N) is 3. The Hall–Kier alpha value is -2.16. The first-order valence-electron chi connectivity index (χ1n) is 6.13. The Morgan fingerprint density at radius 3 is 2.33 bits per heavy atom. The molecule has 0 saturated heterocycles. The van der Waals surface area contributed by atoms with E-state index < -0.39 is 0 Å². The quantitative estimate of drug-likeness (QED) is 0.389. The summed E-state index contributed by atoms with van der Waals surface area (Å²) in [6.07, 6.45) is 3.56. The fourth-order valence-electron chi connectivity index (χ4n) is 1.69. The molecule has 4 nitrogen and oxygen atoms in total. The zero-order chi connectivity index (χ0) is 15.1. The van der Waals surface area contributed by atoms with E-state index in [2.05, 4.69) is 10.3 Å². The van der Waals surface area contributed by atoms with E-state index in [0.29, 0.717) is 5.17 Å². The number of aliphatic imine (C=N–C) groups is 1. The standard InChI is InChI=1S/C15H13ClN4S/c1-21-15(18-11-17)20(16)14-9-7-13(8-10-14)19-12-5-3-2-4-6-12/h2-10,19H,1H3. The SMILES string of the molecule is CSC(=NC#N)N(Cl)c1ccc(Nc2ccccc2)cc1. The molecule has 0 amide bonds. The molecule has 0 aliphatic heterocycles. The summed E-state index contributed by atoms with van der Waals surface area (Å²) in [6, 6.07) is 17.5. The lowest BCUT2D eigenvalue weighted by molar-refractivity contribution is 1.42. The van der Waals surface area contributed by atoms with Crippen LogP contribution in [0.5, 0.6) is 0 Å². The van der Waals surface area contributed by atoms with Gasteiger partial charge in [-0.2, -0.15) is 5.26 Å². The van der Waals surface area contributed by atoms with E-state index in [1.807, 2.05) is 60.9 Å². The van der Waals surface area contributed by atoms with Crippen molar-refractivity contribution >= 4 is 45.8 Å². The minimum absolute atomic E-state index is 0.433. The molecule has 0 heterocycles. The van der Waals surface area contributed by atoms with E-state index in [1.54, 1.807) is 6.19 Å². The van der Waals surface area contributed by atoms with Gasteiger partial charge in [-0.25, -0.2) is 4.42 Å². The summed E-state index contributed by atoms with van der Waals surface area (Å²) < 4.78 is 1.36. The van der Waals surface area contributed by atoms with Crippen molar-refractivity contribution in [3.05, 3.63) is 54.6 Å². The first-order chi connectivity index (χ1) is 10.2. The summed E-state index contributed by atoms with van der Waals surface area (Å²) in [5.74, 6) is 0. The molecule has 106 valence electrons. The van der Waals surface area contributed by atoms with Crippen molar-refractivity contribution in [3.63, 3.8) is 0 Å². The molecule has 2 aromatic carbocycles. The van der Waals surface area contributed by atoms with Crippen LogP contribution in [-0.2, 0) is 0 Å². The highest BCUT2D eigenvalue weighted by atomic mass is 35.5. The molecule has 0 unspecified atom stereocenters. The number of rotatable bonds is 3. The Morgan fingerprint density at radius 2 is 1.76 bits per heavy atom. The Balaban J connectivity index is 2.12. The number of hydrogen-bond donors (Lipinski definition) is 1. The monoisotopic (exact) mass is 316 g/mol. The van der Waals surface area contributed by atoms with Gasteiger partial charge in [0, 0.05) is 23.2 Å². The van der Waals surface area contributed by atoms with Crippen LogP contribution in [0.25, 0.3) is 0 Å². The van der Waals surface area contributed by atoms with Crippen LogP contribution < -0.4 is 9.74 Å². The van der Waals surface area contributed by atoms with E-state index in [9.17, 15) is 0 Å². The molecule has 1 N–H and O–H groups in total. The molecule has 2 rings (SSSR count). The fourth-order valence-corrected chi connectivity index (χ4v) is 2.44. The van der Waals surface area contributed by atoms with Crippen molar-refractivity contribution in [2.45, 2.75) is 0 Å². The van der Waals surface area contributed by atoms with Crippen molar-refractivity contribution < 1.29 is 0 Å². The topological polar surface area (TPSA) is 51.4 Å². The summed E-state index contributed by atoms with van der Waals surface area (Å²) in [5.41, 5.74) is 2.72. The molecule has 0 aliphatic rings. The van der Waals surface area contributed by atoms with Crippen LogP contribution in [-0.4, -0.2) is 11.4 Å². The second kappa shape index (κ2) is 7.58. The normalized spacial score (nSPS) is 10.8. The number of amidine groups is 1. The van der Waals surface area contributed by atoms with Crippen molar-refractivity contribution in [3.8, 4) is 6.19 Å². The van der Waals surface area contributed by atoms with E-state index in [0.717, 1.165) is 17.1 Å². The zero-order valence-electron chi connectivity index (χ0n) is 11.3. The predicted molar refractivity (Wildman–Crippen MR) is 91.1 cm³/mol. The zero-order valence-corrected chi connectivity index (χ0v) is 12.9. The molecule has 6 heteroatoms. The molecule has 0 aliphatic carbocycles. The van der Waals surface area contributed by atoms with Gasteiger partial charge in [0.15, 0.2) is 5.17 Å². The van der Waals surface area contributed by atoms with Gasteiger partial charge in [0.05, 0.1) is 5.69 Å². The molecule has 0 saturated carbocycles. The van der Waals surface area contributed by atoms with Crippen molar-refractivity contribution in [1.29, 1.82) is 5.26 Å². The summed E-state index contributed by atoms with van der Waals surface area (Å²) >= 11 is 7.48. The third-order valence-corrected chi connectivity index (χ3v) is 3.75. The lowest BCUT2D eigenvalue weighted by Crippen LogP contribution is -2.16. The minimum Gasteiger partial charge on any atom is -0.356 e. The number of para-hydroxylation sites is 1. The smallest absolute Gasteiger partial charge is 0.208 e. The lowest BCUT2D eigenvalue weighted by atomic mass is 10.2. The van der Waals surface area contributed by atoms with Crippen LogP contribution in [0.2, 0.25) is 0 Å². The maximum Gasteiger partial charge on any atom is 0.208 e. The summed E-state index contributed by atoms with van der Waals surface area (Å²) in [6.45, 7) is 0. The molecule has 0 aromatic heterocycles. The molecular weight excluding hydrogens is 304 g/mol. The molecular formula is C15H13ClN4S. The van der Waals surface area contributed by atoms with Gasteiger partial charge >= 0.3 is 0 Å². The lowest BCUT2D eigenvalue weighted by Gasteiger charge is -2.15. The maximum absolute atomic E-state index is 8.63. The van der Waals surface area contributed by atoms with E-state index >= 15 is 0 Å². The van der Waals surface area contributed by atoms with Gasteiger partial charge in [0.25, 0.3) is 0 Å². The highest BCUT2D eigenvalue weighted by molar-refractivity contribution is 8.13. The van der Waals surface area contributed by atoms with Gasteiger partial charge in [0.1, 0.15) is 0 Å². The number of halogens is 1. The summed E-state index contributed by atoms with van der Waals surface area (Å²) in [4.78, 5) is 3.67. The van der Waals surface area contributed by atoms with Gasteiger partial charge < -0.3 is 5.32 Å². The number of nitrogens with one attached hydrogen (secondary N) is 1. The first-order valence-corrected chi connectivity index (χ1v) is 7.69. The second-order valence-electron chi connectivity index (χ2n) is 4.02. The number of thioether (sulfide) groups is 1. The van der Waals surface area contributed by atoms with Gasteiger partial charge in [-0.3, -0.25) is 0 Å². The molecule has 0 fully saturated rings. The van der Waals surface area contributed by atoms with Crippen LogP contribution in [0, 0.1) is 11.5 Å². The van der Waals surface area contributed by atoms with Gasteiger partial charge in [-0.15, -0.1) is 4.99 Å². The molecule has 21 heavy (non-hydrogen) atoms. The average Bonchev–Trinajstić information content (AvgIpc) is 2.54. The van der Waals surface area contributed by atoms with E-state index in [-0.39, 0.29) is 0 Å². The molecule has 0 atom stereocenters. The number of anilines is 3. The summed E-state index contributed by atoms with van der Waals surface area (Å²) in [7, 11) is 0. The minimum atomic E-state index is 0.433. The second-order valence-corrected chi connectivity index (χ2v) is 5.13. The Morgan fingerprint density at radius 1 is 1.14 bits per heavy atom. The van der Waals surface area contributed by atoms with Crippen molar-refractivity contribution in [2.75, 3.05) is 16.0 Å². The average molecular weight is 317 g/mol. The predicted octanol–water partition coefficient (Wildman–Crippen LogP) is 4.59. The van der Waals surface area contributed by atoms with Gasteiger partial charge in [-0.1, -0.05) is 30.0 Å². The summed E-state index contributed by atoms with van der Waals surface area (Å²) in [5, 5.41) is 12.3. The van der Waals surface area contributed by atoms with E-state index in [1.165, 1.54) is 16.2 Å². The third kappa shape index (κ3) is 4.15. The van der Waals surface area contributed by atoms with Crippen LogP contribution in [0.4, 0.5) is 17.1 Å². The Labute approximate surface area is 133 Å². The first kappa shape index (κ1) is 15.2. The maximum atomic E-state index is 8.63. The van der Waals surface area contributed by atoms with Gasteiger partial charge in [0.2, 0.25) is 6.19 Å². The number of hydrogen-bond acceptors (Lipinski definition) is 4. The number of benzene rings is 2. The molecule has 0 radical (unpaired) electrons. The number of nitriles is 1. The van der Waals surface area contributed by atoms with Crippen LogP contribution in [0.1, 0.15) is 0 Å². The molecule has 0 spiro atoms. The van der Waals surface area contributed by atoms with Crippen molar-refractivity contribution in [2.24, 2.45) is 4.99 Å². The van der Waals surface area contributed by atoms with Crippen LogP contribution in [0.15, 0.2) is 59.6 Å². The molecule has 0 bridgehead atoms. The molecule has 2 aromatic rings. The van der Waals surface area contributed by atoms with Crippen molar-refractivity contribution in [1.82, 2.24) is 0 Å². The highest BCUT2D eigenvalue weighted by Gasteiger charge is 2.10. The Bertz CT molecular complexity index is 650. The largest absolute Gasteiger partial charge is 0.356 e. The van der Waals surface area contributed by atoms with E-state index in [4.69, 9.17) is 17.0 Å². The van der Waals surface area contributed by atoms with Crippen LogP contribution >= 0.6 is 23.5 Å². The van der Waals surface area contributed by atoms with Crippen LogP contribution in [0.3, 0.4) is 0 Å². The van der Waals surface area contributed by atoms with Gasteiger partial charge in [-0.05, 0) is 42.7 Å². The highest BCUT2D eigenvalue weighted by Crippen LogP contribution is 2.24. The third-order valence-electron chi connectivity index (χ3n) is 2.65.